The molecule has 0 aliphatic rings. The van der Waals surface area contributed by atoms with Crippen molar-refractivity contribution in [2.45, 2.75) is 19.1 Å². The first-order chi connectivity index (χ1) is 7.10. The number of benzene rings is 1. The second kappa shape index (κ2) is 5.35. The monoisotopic (exact) mass is 229 g/mol. The summed E-state index contributed by atoms with van der Waals surface area (Å²) in [7, 11) is 3.38. The number of rotatable bonds is 4. The molecule has 1 aromatic carbocycles. The number of ether oxygens (including phenoxy) is 1. The average molecular weight is 230 g/mol. The molecule has 15 heavy (non-hydrogen) atoms. The van der Waals surface area contributed by atoms with E-state index < -0.39 is 6.10 Å². The molecule has 84 valence electrons. The highest BCUT2D eigenvalue weighted by Gasteiger charge is 2.17. The fraction of sp³-hybridized carbons (Fsp3) is 0.455. The normalized spacial score (nSPS) is 14.7. The molecule has 0 saturated carbocycles. The van der Waals surface area contributed by atoms with Crippen molar-refractivity contribution in [3.63, 3.8) is 0 Å². The molecule has 0 aromatic heterocycles. The Balaban J connectivity index is 2.95. The van der Waals surface area contributed by atoms with Gasteiger partial charge in [-0.15, -0.1) is 0 Å². The van der Waals surface area contributed by atoms with Gasteiger partial charge < -0.3 is 15.2 Å². The molecule has 0 aliphatic carbocycles. The first-order valence-electron chi connectivity index (χ1n) is 4.79. The van der Waals surface area contributed by atoms with Crippen LogP contribution in [-0.2, 0) is 0 Å². The molecule has 2 unspecified atom stereocenters. The number of nitrogens with one attached hydrogen (secondary N) is 1. The molecule has 0 saturated heterocycles. The van der Waals surface area contributed by atoms with E-state index in [0.717, 1.165) is 0 Å². The molecular formula is C11H16ClNO2. The smallest absolute Gasteiger partial charge is 0.120 e. The topological polar surface area (TPSA) is 41.5 Å². The van der Waals surface area contributed by atoms with Gasteiger partial charge in [-0.3, -0.25) is 0 Å². The van der Waals surface area contributed by atoms with Crippen molar-refractivity contribution >= 4 is 11.6 Å². The lowest BCUT2D eigenvalue weighted by atomic mass is 10.0. The summed E-state index contributed by atoms with van der Waals surface area (Å²) in [5, 5.41) is 13.4. The molecule has 2 atom stereocenters. The molecule has 3 nitrogen and oxygen atoms in total. The maximum Gasteiger partial charge on any atom is 0.120 e. The van der Waals surface area contributed by atoms with Crippen molar-refractivity contribution in [1.29, 1.82) is 0 Å². The summed E-state index contributed by atoms with van der Waals surface area (Å²) in [6.07, 6.45) is -0.617. The zero-order chi connectivity index (χ0) is 11.4. The number of hydrogen-bond acceptors (Lipinski definition) is 3. The largest absolute Gasteiger partial charge is 0.497 e. The minimum Gasteiger partial charge on any atom is -0.497 e. The van der Waals surface area contributed by atoms with Crippen molar-refractivity contribution in [3.8, 4) is 5.75 Å². The Hall–Kier alpha value is -0.770. The lowest BCUT2D eigenvalue weighted by Crippen LogP contribution is -2.28. The van der Waals surface area contributed by atoms with E-state index in [0.29, 0.717) is 16.3 Å². The number of aliphatic hydroxyl groups excluding tert-OH is 1. The number of methoxy groups -OCH3 is 1. The Kier molecular flexibility index (Phi) is 4.39. The summed E-state index contributed by atoms with van der Waals surface area (Å²) in [5.41, 5.74) is 0.708. The van der Waals surface area contributed by atoms with Gasteiger partial charge in [0.05, 0.1) is 18.2 Å². The standard InChI is InChI=1S/C11H16ClNO2/c1-7(13-2)11(14)9-5-4-8(15-3)6-10(9)12/h4-7,11,13-14H,1-3H3. The molecule has 0 heterocycles. The maximum absolute atomic E-state index is 9.95. The van der Waals surface area contributed by atoms with Crippen LogP contribution in [0, 0.1) is 0 Å². The van der Waals surface area contributed by atoms with Gasteiger partial charge >= 0.3 is 0 Å². The minimum atomic E-state index is -0.617. The van der Waals surface area contributed by atoms with Crippen LogP contribution in [0.2, 0.25) is 5.02 Å². The summed E-state index contributed by atoms with van der Waals surface area (Å²) >= 11 is 6.04. The second-order valence-corrected chi connectivity index (χ2v) is 3.82. The maximum atomic E-state index is 9.95. The van der Waals surface area contributed by atoms with E-state index in [2.05, 4.69) is 5.32 Å². The van der Waals surface area contributed by atoms with Crippen LogP contribution in [0.15, 0.2) is 18.2 Å². The van der Waals surface area contributed by atoms with E-state index in [1.807, 2.05) is 6.92 Å². The number of likely N-dealkylation sites (N-methyl/N-ethyl adjacent to an activating group) is 1. The molecule has 0 fully saturated rings. The molecule has 0 bridgehead atoms. The van der Waals surface area contributed by atoms with Gasteiger partial charge in [-0.2, -0.15) is 0 Å². The van der Waals surface area contributed by atoms with Crippen LogP contribution in [-0.4, -0.2) is 25.3 Å². The summed E-state index contributed by atoms with van der Waals surface area (Å²) in [6.45, 7) is 1.89. The highest BCUT2D eigenvalue weighted by Crippen LogP contribution is 2.28. The van der Waals surface area contributed by atoms with Crippen LogP contribution in [0.5, 0.6) is 5.75 Å². The summed E-state index contributed by atoms with van der Waals surface area (Å²) < 4.78 is 5.03. The van der Waals surface area contributed by atoms with Crippen LogP contribution in [0.3, 0.4) is 0 Å². The Morgan fingerprint density at radius 1 is 1.47 bits per heavy atom. The third-order valence-corrected chi connectivity index (χ3v) is 2.78. The lowest BCUT2D eigenvalue weighted by Gasteiger charge is -2.19. The van der Waals surface area contributed by atoms with Gasteiger partial charge in [0, 0.05) is 11.6 Å². The van der Waals surface area contributed by atoms with Gasteiger partial charge in [0.1, 0.15) is 5.75 Å². The second-order valence-electron chi connectivity index (χ2n) is 3.41. The summed E-state index contributed by atoms with van der Waals surface area (Å²) in [4.78, 5) is 0. The number of halogens is 1. The van der Waals surface area contributed by atoms with E-state index in [1.165, 1.54) is 0 Å². The summed E-state index contributed by atoms with van der Waals surface area (Å²) in [6, 6.07) is 5.21. The third-order valence-electron chi connectivity index (χ3n) is 2.46. The van der Waals surface area contributed by atoms with E-state index in [9.17, 15) is 5.11 Å². The molecule has 4 heteroatoms. The average Bonchev–Trinajstić information content (AvgIpc) is 2.26. The Labute approximate surface area is 95.0 Å². The zero-order valence-corrected chi connectivity index (χ0v) is 9.88. The van der Waals surface area contributed by atoms with Gasteiger partial charge in [0.25, 0.3) is 0 Å². The van der Waals surface area contributed by atoms with Gasteiger partial charge in [0.15, 0.2) is 0 Å². The fourth-order valence-corrected chi connectivity index (χ4v) is 1.58. The Bertz CT molecular complexity index is 330. The van der Waals surface area contributed by atoms with Gasteiger partial charge in [-0.1, -0.05) is 17.7 Å². The zero-order valence-electron chi connectivity index (χ0n) is 9.12. The first kappa shape index (κ1) is 12.3. The minimum absolute atomic E-state index is 0.0455. The van der Waals surface area contributed by atoms with Crippen LogP contribution >= 0.6 is 11.6 Å². The van der Waals surface area contributed by atoms with Crippen molar-refractivity contribution in [3.05, 3.63) is 28.8 Å². The summed E-state index contributed by atoms with van der Waals surface area (Å²) in [5.74, 6) is 0.688. The third kappa shape index (κ3) is 2.84. The quantitative estimate of drug-likeness (QED) is 0.830. The Morgan fingerprint density at radius 2 is 2.13 bits per heavy atom. The van der Waals surface area contributed by atoms with Crippen molar-refractivity contribution in [2.75, 3.05) is 14.2 Å². The van der Waals surface area contributed by atoms with E-state index in [-0.39, 0.29) is 6.04 Å². The lowest BCUT2D eigenvalue weighted by molar-refractivity contribution is 0.140. The fourth-order valence-electron chi connectivity index (χ4n) is 1.30. The van der Waals surface area contributed by atoms with E-state index in [4.69, 9.17) is 16.3 Å². The van der Waals surface area contributed by atoms with Crippen LogP contribution < -0.4 is 10.1 Å². The molecule has 1 aromatic rings. The van der Waals surface area contributed by atoms with E-state index >= 15 is 0 Å². The number of hydrogen-bond donors (Lipinski definition) is 2. The first-order valence-corrected chi connectivity index (χ1v) is 5.16. The van der Waals surface area contributed by atoms with Gasteiger partial charge in [-0.05, 0) is 26.1 Å². The molecule has 1 rings (SSSR count). The molecular weight excluding hydrogens is 214 g/mol. The molecule has 0 radical (unpaired) electrons. The van der Waals surface area contributed by atoms with Crippen LogP contribution in [0.25, 0.3) is 0 Å². The van der Waals surface area contributed by atoms with Crippen molar-refractivity contribution < 1.29 is 9.84 Å². The SMILES string of the molecule is CNC(C)C(O)c1ccc(OC)cc1Cl. The van der Waals surface area contributed by atoms with Crippen molar-refractivity contribution in [2.24, 2.45) is 0 Å². The highest BCUT2D eigenvalue weighted by atomic mass is 35.5. The van der Waals surface area contributed by atoms with Gasteiger partial charge in [0.2, 0.25) is 0 Å². The molecule has 2 N–H and O–H groups in total. The number of aliphatic hydroxyl groups is 1. The Morgan fingerprint density at radius 3 is 2.60 bits per heavy atom. The molecule has 0 aliphatic heterocycles. The predicted molar refractivity (Wildman–Crippen MR) is 61.5 cm³/mol. The predicted octanol–water partition coefficient (Wildman–Crippen LogP) is 1.99. The van der Waals surface area contributed by atoms with Gasteiger partial charge in [-0.25, -0.2) is 0 Å². The van der Waals surface area contributed by atoms with Crippen LogP contribution in [0.4, 0.5) is 0 Å². The highest BCUT2D eigenvalue weighted by molar-refractivity contribution is 6.31. The van der Waals surface area contributed by atoms with Crippen molar-refractivity contribution in [1.82, 2.24) is 5.32 Å². The van der Waals surface area contributed by atoms with E-state index in [1.54, 1.807) is 32.4 Å². The van der Waals surface area contributed by atoms with Crippen LogP contribution in [0.1, 0.15) is 18.6 Å². The molecule has 0 amide bonds. The molecule has 0 spiro atoms.